The lowest BCUT2D eigenvalue weighted by Gasteiger charge is -2.39. The molecule has 1 rings (SSSR count). The number of esters is 1. The van der Waals surface area contributed by atoms with Crippen LogP contribution in [0.25, 0.3) is 0 Å². The lowest BCUT2D eigenvalue weighted by molar-refractivity contribution is -0.232. The summed E-state index contributed by atoms with van der Waals surface area (Å²) in [5.41, 5.74) is -0.578. The molecule has 1 saturated heterocycles. The molecule has 0 aromatic heterocycles. The van der Waals surface area contributed by atoms with E-state index in [4.69, 9.17) is 9.57 Å². The molecule has 1 heterocycles. The molecule has 0 aromatic rings. The zero-order valence-corrected chi connectivity index (χ0v) is 14.4. The Kier molecular flexibility index (Phi) is 7.13. The van der Waals surface area contributed by atoms with Crippen LogP contribution in [0.15, 0.2) is 0 Å². The van der Waals surface area contributed by atoms with Gasteiger partial charge >= 0.3 is 12.1 Å². The first-order valence-corrected chi connectivity index (χ1v) is 8.02. The van der Waals surface area contributed by atoms with Crippen LogP contribution >= 0.6 is 0 Å². The molecule has 6 heteroatoms. The third-order valence-electron chi connectivity index (χ3n) is 3.50. The minimum atomic E-state index is -0.578. The molecule has 22 heavy (non-hydrogen) atoms. The van der Waals surface area contributed by atoms with Gasteiger partial charge in [0.05, 0.1) is 25.7 Å². The van der Waals surface area contributed by atoms with E-state index in [2.05, 4.69) is 11.7 Å². The van der Waals surface area contributed by atoms with Crippen LogP contribution in [-0.2, 0) is 19.1 Å². The summed E-state index contributed by atoms with van der Waals surface area (Å²) in [5, 5.41) is 1.33. The summed E-state index contributed by atoms with van der Waals surface area (Å²) >= 11 is 0. The molecule has 0 unspecified atom stereocenters. The van der Waals surface area contributed by atoms with E-state index in [1.165, 1.54) is 12.2 Å². The molecular weight excluding hydrogens is 286 g/mol. The molecule has 0 spiro atoms. The molecular formula is C16H29NO5. The van der Waals surface area contributed by atoms with Crippen LogP contribution in [0.5, 0.6) is 0 Å². The van der Waals surface area contributed by atoms with Crippen LogP contribution in [0.2, 0.25) is 0 Å². The van der Waals surface area contributed by atoms with Crippen LogP contribution in [-0.4, -0.2) is 42.0 Å². The quantitative estimate of drug-likeness (QED) is 0.727. The van der Waals surface area contributed by atoms with Crippen LogP contribution in [0.3, 0.4) is 0 Å². The zero-order valence-electron chi connectivity index (χ0n) is 14.4. The topological polar surface area (TPSA) is 65.1 Å². The van der Waals surface area contributed by atoms with Crippen LogP contribution < -0.4 is 0 Å². The molecule has 6 nitrogen and oxygen atoms in total. The van der Waals surface area contributed by atoms with Gasteiger partial charge in [0.1, 0.15) is 5.60 Å². The van der Waals surface area contributed by atoms with E-state index in [-0.39, 0.29) is 24.5 Å². The van der Waals surface area contributed by atoms with Crippen molar-refractivity contribution < 1.29 is 23.9 Å². The van der Waals surface area contributed by atoms with Crippen molar-refractivity contribution in [3.8, 4) is 0 Å². The van der Waals surface area contributed by atoms with Crippen molar-refractivity contribution in [1.29, 1.82) is 0 Å². The monoisotopic (exact) mass is 315 g/mol. The van der Waals surface area contributed by atoms with E-state index in [0.717, 1.165) is 32.1 Å². The highest BCUT2D eigenvalue weighted by Gasteiger charge is 2.36. The normalized spacial score (nSPS) is 22.3. The van der Waals surface area contributed by atoms with E-state index >= 15 is 0 Å². The van der Waals surface area contributed by atoms with Gasteiger partial charge in [0.15, 0.2) is 0 Å². The maximum absolute atomic E-state index is 12.4. The lowest BCUT2D eigenvalue weighted by Crippen LogP contribution is -2.49. The second kappa shape index (κ2) is 8.36. The van der Waals surface area contributed by atoms with Gasteiger partial charge in [-0.05, 0) is 40.0 Å². The number of amides is 1. The number of carbonyl (C=O) groups excluding carboxylic acids is 2. The van der Waals surface area contributed by atoms with Crippen molar-refractivity contribution in [3.05, 3.63) is 0 Å². The Morgan fingerprint density at radius 2 is 1.95 bits per heavy atom. The predicted molar refractivity (Wildman–Crippen MR) is 82.1 cm³/mol. The Labute approximate surface area is 133 Å². The Morgan fingerprint density at radius 1 is 1.27 bits per heavy atom. The number of hydrogen-bond donors (Lipinski definition) is 0. The fourth-order valence-electron chi connectivity index (χ4n) is 2.40. The highest BCUT2D eigenvalue weighted by molar-refractivity contribution is 5.70. The third-order valence-corrected chi connectivity index (χ3v) is 3.50. The summed E-state index contributed by atoms with van der Waals surface area (Å²) in [4.78, 5) is 29.5. The number of unbranched alkanes of at least 4 members (excludes halogenated alkanes) is 1. The zero-order chi connectivity index (χ0) is 16.8. The van der Waals surface area contributed by atoms with Crippen LogP contribution in [0, 0.1) is 0 Å². The van der Waals surface area contributed by atoms with Gasteiger partial charge in [-0.2, -0.15) is 5.06 Å². The van der Waals surface area contributed by atoms with E-state index in [1.54, 1.807) is 0 Å². The first-order valence-electron chi connectivity index (χ1n) is 8.02. The maximum atomic E-state index is 12.4. The molecule has 128 valence electrons. The molecule has 0 N–H and O–H groups in total. The summed E-state index contributed by atoms with van der Waals surface area (Å²) < 4.78 is 10.1. The average Bonchev–Trinajstić information content (AvgIpc) is 2.43. The standard InChI is InChI=1S/C16H29NO5/c1-6-7-8-12-9-10-13(11-14(18)20-5)22-17(12)15(19)21-16(2,3)4/h12-13H,6-11H2,1-5H3/t12-,13+/m0/s1. The van der Waals surface area contributed by atoms with Crippen molar-refractivity contribution in [2.45, 2.75) is 84.0 Å². The number of hydrogen-bond acceptors (Lipinski definition) is 5. The van der Waals surface area contributed by atoms with Crippen LogP contribution in [0.4, 0.5) is 4.79 Å². The fraction of sp³-hybridized carbons (Fsp3) is 0.875. The van der Waals surface area contributed by atoms with Gasteiger partial charge in [-0.3, -0.25) is 9.63 Å². The van der Waals surface area contributed by atoms with Gasteiger partial charge in [-0.1, -0.05) is 19.8 Å². The van der Waals surface area contributed by atoms with Gasteiger partial charge in [-0.25, -0.2) is 4.79 Å². The van der Waals surface area contributed by atoms with Crippen molar-refractivity contribution in [3.63, 3.8) is 0 Å². The van der Waals surface area contributed by atoms with E-state index in [0.29, 0.717) is 0 Å². The van der Waals surface area contributed by atoms with Crippen molar-refractivity contribution in [2.24, 2.45) is 0 Å². The smallest absolute Gasteiger partial charge is 0.434 e. The number of methoxy groups -OCH3 is 1. The Balaban J connectivity index is 2.72. The molecule has 0 aliphatic carbocycles. The molecule has 1 aliphatic rings. The lowest BCUT2D eigenvalue weighted by atomic mass is 9.99. The number of carbonyl (C=O) groups is 2. The summed E-state index contributed by atoms with van der Waals surface area (Å²) in [6.07, 6.45) is 3.83. The SMILES string of the molecule is CCCC[C@H]1CC[C@H](CC(=O)OC)ON1C(=O)OC(C)(C)C. The first kappa shape index (κ1) is 18.7. The van der Waals surface area contributed by atoms with Crippen molar-refractivity contribution in [1.82, 2.24) is 5.06 Å². The first-order chi connectivity index (χ1) is 10.3. The molecule has 2 atom stereocenters. The molecule has 1 aliphatic heterocycles. The van der Waals surface area contributed by atoms with Gasteiger partial charge < -0.3 is 9.47 Å². The fourth-order valence-corrected chi connectivity index (χ4v) is 2.40. The molecule has 1 fully saturated rings. The predicted octanol–water partition coefficient (Wildman–Crippen LogP) is 3.44. The summed E-state index contributed by atoms with van der Waals surface area (Å²) in [5.74, 6) is -0.332. The van der Waals surface area contributed by atoms with Gasteiger partial charge in [-0.15, -0.1) is 0 Å². The van der Waals surface area contributed by atoms with E-state index in [1.807, 2.05) is 20.8 Å². The minimum absolute atomic E-state index is 0.00342. The average molecular weight is 315 g/mol. The molecule has 1 amide bonds. The second-order valence-corrected chi connectivity index (χ2v) is 6.69. The van der Waals surface area contributed by atoms with Gasteiger partial charge in [0.25, 0.3) is 0 Å². The van der Waals surface area contributed by atoms with E-state index in [9.17, 15) is 9.59 Å². The number of hydroxylamine groups is 2. The Hall–Kier alpha value is -1.30. The molecule has 0 bridgehead atoms. The summed E-state index contributed by atoms with van der Waals surface area (Å²) in [7, 11) is 1.35. The molecule has 0 saturated carbocycles. The minimum Gasteiger partial charge on any atom is -0.469 e. The van der Waals surface area contributed by atoms with E-state index < -0.39 is 11.7 Å². The largest absolute Gasteiger partial charge is 0.469 e. The highest BCUT2D eigenvalue weighted by Crippen LogP contribution is 2.27. The molecule has 0 radical (unpaired) electrons. The maximum Gasteiger partial charge on any atom is 0.434 e. The van der Waals surface area contributed by atoms with Gasteiger partial charge in [0, 0.05) is 0 Å². The van der Waals surface area contributed by atoms with Gasteiger partial charge in [0.2, 0.25) is 0 Å². The van der Waals surface area contributed by atoms with Crippen molar-refractivity contribution >= 4 is 12.1 Å². The Bertz CT molecular complexity index is 377. The summed E-state index contributed by atoms with van der Waals surface area (Å²) in [6, 6.07) is 0.00342. The number of ether oxygens (including phenoxy) is 2. The Morgan fingerprint density at radius 3 is 2.50 bits per heavy atom. The number of nitrogens with zero attached hydrogens (tertiary/aromatic N) is 1. The second-order valence-electron chi connectivity index (χ2n) is 6.69. The van der Waals surface area contributed by atoms with Crippen molar-refractivity contribution in [2.75, 3.05) is 7.11 Å². The third kappa shape index (κ3) is 6.22. The number of rotatable bonds is 5. The highest BCUT2D eigenvalue weighted by atomic mass is 16.7. The molecule has 0 aromatic carbocycles. The van der Waals surface area contributed by atoms with Crippen LogP contribution in [0.1, 0.15) is 66.2 Å². The summed E-state index contributed by atoms with van der Waals surface area (Å²) in [6.45, 7) is 7.58.